The molecule has 16 heteroatoms. The van der Waals surface area contributed by atoms with Crippen molar-refractivity contribution in [2.75, 3.05) is 53.4 Å². The van der Waals surface area contributed by atoms with Crippen molar-refractivity contribution in [3.8, 4) is 0 Å². The molecule has 2 aromatic rings. The van der Waals surface area contributed by atoms with E-state index in [0.717, 1.165) is 44.9 Å². The molecule has 0 bridgehead atoms. The van der Waals surface area contributed by atoms with Gasteiger partial charge in [-0.3, -0.25) is 9.59 Å². The van der Waals surface area contributed by atoms with Crippen LogP contribution < -0.4 is 0 Å². The van der Waals surface area contributed by atoms with E-state index in [-0.39, 0.29) is 24.7 Å². The van der Waals surface area contributed by atoms with Crippen molar-refractivity contribution in [2.24, 2.45) is 0 Å². The summed E-state index contributed by atoms with van der Waals surface area (Å²) in [6.45, 7) is 17.8. The topological polar surface area (TPSA) is 195 Å². The van der Waals surface area contributed by atoms with Crippen molar-refractivity contribution >= 4 is 36.3 Å². The summed E-state index contributed by atoms with van der Waals surface area (Å²) >= 11 is 0. The van der Waals surface area contributed by atoms with Crippen LogP contribution in [0.2, 0.25) is 0 Å². The van der Waals surface area contributed by atoms with Gasteiger partial charge in [0.05, 0.1) is 88.1 Å². The van der Waals surface area contributed by atoms with Gasteiger partial charge in [-0.15, -0.1) is 0 Å². The third kappa shape index (κ3) is 31.2. The molecule has 2 rings (SSSR count). The van der Waals surface area contributed by atoms with Gasteiger partial charge in [0.15, 0.2) is 12.6 Å². The maximum Gasteiger partial charge on any atom is 0.338 e. The molecule has 0 saturated carbocycles. The monoisotopic (exact) mass is 902 g/mol. The molecule has 0 fully saturated rings. The number of hydrogen-bond donors (Lipinski definition) is 0. The zero-order valence-corrected chi connectivity index (χ0v) is 38.4. The van der Waals surface area contributed by atoms with Gasteiger partial charge in [0.1, 0.15) is 0 Å². The minimum Gasteiger partial charge on any atom is -0.502 e. The minimum atomic E-state index is -0.598. The second kappa shape index (κ2) is 40.1. The number of hydrogen-bond acceptors (Lipinski definition) is 16. The van der Waals surface area contributed by atoms with Crippen molar-refractivity contribution in [2.45, 2.75) is 117 Å². The number of carbonyl (C=O) groups is 6. The standard InChI is InChI=1S/C26H38O8.C15H18O5.C7H14O3/c1-4-6-7-15-24(27)34-21(3)31-17-10-11-19-33-26(29)23-14-12-13-22(20-23)25(28)32-18-9-8-16-30-5-2;1-3-19-9-4-5-10-20-15(17)13-8-6-7-12(11-13)14(16)18-2;1-3-4-5-9-7(2)10-6-8/h5,12-14,20-21H,2,4,6-11,15-19H2,1,3H3;3,6-8,11H,1,4-5,9-10H2,2H3;6-7H,3-5H2,1-2H3. The van der Waals surface area contributed by atoms with Crippen molar-refractivity contribution in [3.05, 3.63) is 96.5 Å². The Hall–Kier alpha value is -5.74. The van der Waals surface area contributed by atoms with Gasteiger partial charge < -0.3 is 47.4 Å². The lowest BCUT2D eigenvalue weighted by atomic mass is 10.1. The van der Waals surface area contributed by atoms with Crippen LogP contribution in [0.1, 0.15) is 146 Å². The molecule has 0 amide bonds. The number of ether oxygens (including phenoxy) is 10. The molecular formula is C48H70O16. The van der Waals surface area contributed by atoms with Gasteiger partial charge in [-0.2, -0.15) is 0 Å². The number of methoxy groups -OCH3 is 1. The van der Waals surface area contributed by atoms with Crippen LogP contribution in [0.3, 0.4) is 0 Å². The Morgan fingerprint density at radius 2 is 0.953 bits per heavy atom. The van der Waals surface area contributed by atoms with Crippen molar-refractivity contribution in [1.82, 2.24) is 0 Å². The molecule has 2 unspecified atom stereocenters. The summed E-state index contributed by atoms with van der Waals surface area (Å²) < 4.78 is 50.4. The third-order valence-electron chi connectivity index (χ3n) is 8.37. The first-order valence-corrected chi connectivity index (χ1v) is 21.7. The summed E-state index contributed by atoms with van der Waals surface area (Å²) in [5.41, 5.74) is 1.23. The minimum absolute atomic E-state index is 0.217. The summed E-state index contributed by atoms with van der Waals surface area (Å²) in [4.78, 5) is 68.9. The average Bonchev–Trinajstić information content (AvgIpc) is 3.30. The van der Waals surface area contributed by atoms with E-state index in [9.17, 15) is 28.8 Å². The highest BCUT2D eigenvalue weighted by atomic mass is 16.7. The molecule has 0 radical (unpaired) electrons. The average molecular weight is 903 g/mol. The normalized spacial score (nSPS) is 11.0. The highest BCUT2D eigenvalue weighted by molar-refractivity contribution is 5.96. The first kappa shape index (κ1) is 58.3. The first-order chi connectivity index (χ1) is 31.0. The fraction of sp³-hybridized carbons (Fsp3) is 0.542. The fourth-order valence-electron chi connectivity index (χ4n) is 4.91. The Balaban J connectivity index is 0.00000111. The highest BCUT2D eigenvalue weighted by Gasteiger charge is 2.14. The molecule has 64 heavy (non-hydrogen) atoms. The Morgan fingerprint density at radius 3 is 1.38 bits per heavy atom. The molecule has 0 saturated heterocycles. The molecule has 0 aromatic heterocycles. The van der Waals surface area contributed by atoms with Crippen LogP contribution in [0, 0.1) is 0 Å². The fourth-order valence-corrected chi connectivity index (χ4v) is 4.91. The van der Waals surface area contributed by atoms with Gasteiger partial charge in [-0.1, -0.05) is 58.4 Å². The van der Waals surface area contributed by atoms with Crippen LogP contribution in [0.4, 0.5) is 0 Å². The molecule has 0 heterocycles. The lowest BCUT2D eigenvalue weighted by Gasteiger charge is -2.14. The second-order valence-electron chi connectivity index (χ2n) is 13.7. The molecule has 0 aliphatic heterocycles. The summed E-state index contributed by atoms with van der Waals surface area (Å²) in [5, 5.41) is 0. The number of esters is 5. The van der Waals surface area contributed by atoms with E-state index in [1.165, 1.54) is 31.8 Å². The Kier molecular flexibility index (Phi) is 36.5. The number of benzene rings is 2. The van der Waals surface area contributed by atoms with Gasteiger partial charge in [0.25, 0.3) is 6.47 Å². The van der Waals surface area contributed by atoms with E-state index in [1.54, 1.807) is 50.2 Å². The van der Waals surface area contributed by atoms with E-state index >= 15 is 0 Å². The van der Waals surface area contributed by atoms with Gasteiger partial charge in [-0.05, 0) is 102 Å². The first-order valence-electron chi connectivity index (χ1n) is 21.7. The van der Waals surface area contributed by atoms with Crippen LogP contribution in [0.5, 0.6) is 0 Å². The molecule has 0 N–H and O–H groups in total. The predicted molar refractivity (Wildman–Crippen MR) is 238 cm³/mol. The molecular weight excluding hydrogens is 833 g/mol. The highest BCUT2D eigenvalue weighted by Crippen LogP contribution is 2.11. The molecule has 0 aliphatic carbocycles. The van der Waals surface area contributed by atoms with Gasteiger partial charge in [-0.25, -0.2) is 19.2 Å². The van der Waals surface area contributed by atoms with Crippen LogP contribution in [0.15, 0.2) is 74.2 Å². The van der Waals surface area contributed by atoms with E-state index in [1.807, 2.05) is 0 Å². The van der Waals surface area contributed by atoms with Crippen LogP contribution in [-0.2, 0) is 57.0 Å². The quantitative estimate of drug-likeness (QED) is 0.0164. The molecule has 16 nitrogen and oxygen atoms in total. The number of unbranched alkanes of at least 4 members (excludes halogenated alkanes) is 6. The predicted octanol–water partition coefficient (Wildman–Crippen LogP) is 9.10. The smallest absolute Gasteiger partial charge is 0.338 e. The van der Waals surface area contributed by atoms with E-state index in [4.69, 9.17) is 37.9 Å². The molecule has 2 aromatic carbocycles. The zero-order chi connectivity index (χ0) is 47.6. The maximum absolute atomic E-state index is 12.3. The second-order valence-corrected chi connectivity index (χ2v) is 13.7. The summed E-state index contributed by atoms with van der Waals surface area (Å²) in [5.74, 6) is -2.19. The van der Waals surface area contributed by atoms with Crippen molar-refractivity contribution < 1.29 is 76.1 Å². The van der Waals surface area contributed by atoms with E-state index < -0.39 is 36.5 Å². The Morgan fingerprint density at radius 1 is 0.547 bits per heavy atom. The number of carbonyl (C=O) groups excluding carboxylic acids is 6. The lowest BCUT2D eigenvalue weighted by Crippen LogP contribution is -2.18. The molecule has 0 aliphatic rings. The van der Waals surface area contributed by atoms with Crippen LogP contribution in [-0.4, -0.2) is 102 Å². The van der Waals surface area contributed by atoms with E-state index in [2.05, 4.69) is 36.5 Å². The Bertz CT molecular complexity index is 1610. The number of rotatable bonds is 33. The summed E-state index contributed by atoms with van der Waals surface area (Å²) in [7, 11) is 1.29. The van der Waals surface area contributed by atoms with Crippen LogP contribution in [0.25, 0.3) is 0 Å². The van der Waals surface area contributed by atoms with Gasteiger partial charge in [0, 0.05) is 6.42 Å². The lowest BCUT2D eigenvalue weighted by molar-refractivity contribution is -0.175. The van der Waals surface area contributed by atoms with Crippen LogP contribution >= 0.6 is 0 Å². The maximum atomic E-state index is 12.3. The molecule has 2 atom stereocenters. The SMILES string of the molecule is C=COCCCCOC(=O)c1cccc(C(=O)OC)c1.C=COCCCCOC(=O)c1cccc(C(=O)OCCCCOC(C)OC(=O)CCCCC)c1.CCCCOC(C)OC=O. The molecule has 358 valence electrons. The summed E-state index contributed by atoms with van der Waals surface area (Å²) in [6.07, 6.45) is 11.3. The Labute approximate surface area is 378 Å². The molecule has 0 spiro atoms. The zero-order valence-electron chi connectivity index (χ0n) is 38.4. The summed E-state index contributed by atoms with van der Waals surface area (Å²) in [6, 6.07) is 12.5. The largest absolute Gasteiger partial charge is 0.502 e. The van der Waals surface area contributed by atoms with Crippen molar-refractivity contribution in [1.29, 1.82) is 0 Å². The van der Waals surface area contributed by atoms with Gasteiger partial charge >= 0.3 is 29.8 Å². The third-order valence-corrected chi connectivity index (χ3v) is 8.37. The van der Waals surface area contributed by atoms with Crippen molar-refractivity contribution in [3.63, 3.8) is 0 Å². The van der Waals surface area contributed by atoms with E-state index in [0.29, 0.717) is 88.3 Å². The van der Waals surface area contributed by atoms with Gasteiger partial charge in [0.2, 0.25) is 0 Å².